The fourth-order valence-corrected chi connectivity index (χ4v) is 1.95. The van der Waals surface area contributed by atoms with E-state index in [-0.39, 0.29) is 5.41 Å². The Labute approximate surface area is 104 Å². The van der Waals surface area contributed by atoms with E-state index in [1.165, 1.54) is 12.3 Å². The van der Waals surface area contributed by atoms with Crippen molar-refractivity contribution in [2.45, 2.75) is 32.4 Å². The fourth-order valence-electron chi connectivity index (χ4n) is 1.95. The molecule has 0 saturated carbocycles. The molecule has 1 heterocycles. The predicted molar refractivity (Wildman–Crippen MR) is 65.4 cm³/mol. The molecule has 18 heavy (non-hydrogen) atoms. The molecule has 0 radical (unpaired) electrons. The van der Waals surface area contributed by atoms with Gasteiger partial charge in [-0.15, -0.1) is 0 Å². The van der Waals surface area contributed by atoms with Crippen LogP contribution >= 0.6 is 0 Å². The highest BCUT2D eigenvalue weighted by molar-refractivity contribution is 5.86. The summed E-state index contributed by atoms with van der Waals surface area (Å²) in [6, 6.07) is 3.80. The van der Waals surface area contributed by atoms with E-state index in [1.807, 2.05) is 20.8 Å². The minimum Gasteiger partial charge on any atom is -0.264 e. The number of hydrogen-bond acceptors (Lipinski definition) is 1. The summed E-state index contributed by atoms with van der Waals surface area (Å²) in [5, 5.41) is 1.35. The van der Waals surface area contributed by atoms with Gasteiger partial charge in [0, 0.05) is 17.8 Å². The van der Waals surface area contributed by atoms with Gasteiger partial charge in [-0.1, -0.05) is 26.8 Å². The van der Waals surface area contributed by atoms with Gasteiger partial charge in [0.2, 0.25) is 0 Å². The number of pyridine rings is 1. The molecule has 96 valence electrons. The molecule has 0 fully saturated rings. The molecule has 1 aromatic carbocycles. The SMILES string of the molecule is CC(C)(C)c1cncc2cc(C(F)(F)F)ccc12. The molecular formula is C14H14F3N. The third-order valence-corrected chi connectivity index (χ3v) is 2.89. The van der Waals surface area contributed by atoms with E-state index < -0.39 is 11.7 Å². The summed E-state index contributed by atoms with van der Waals surface area (Å²) in [4.78, 5) is 4.04. The first kappa shape index (κ1) is 12.9. The zero-order valence-electron chi connectivity index (χ0n) is 10.5. The molecule has 0 saturated heterocycles. The van der Waals surface area contributed by atoms with Crippen molar-refractivity contribution in [3.63, 3.8) is 0 Å². The number of halogens is 3. The third-order valence-electron chi connectivity index (χ3n) is 2.89. The molecule has 2 rings (SSSR count). The highest BCUT2D eigenvalue weighted by Crippen LogP contribution is 2.34. The Kier molecular flexibility index (Phi) is 2.84. The van der Waals surface area contributed by atoms with Gasteiger partial charge < -0.3 is 0 Å². The van der Waals surface area contributed by atoms with Crippen molar-refractivity contribution in [3.05, 3.63) is 41.7 Å². The van der Waals surface area contributed by atoms with Crippen molar-refractivity contribution in [3.8, 4) is 0 Å². The van der Waals surface area contributed by atoms with Crippen LogP contribution in [0.15, 0.2) is 30.6 Å². The second-order valence-corrected chi connectivity index (χ2v) is 5.37. The Morgan fingerprint density at radius 2 is 1.67 bits per heavy atom. The van der Waals surface area contributed by atoms with E-state index in [4.69, 9.17) is 0 Å². The Hall–Kier alpha value is -1.58. The topological polar surface area (TPSA) is 12.9 Å². The molecule has 0 aliphatic heterocycles. The Morgan fingerprint density at radius 1 is 1.00 bits per heavy atom. The largest absolute Gasteiger partial charge is 0.416 e. The highest BCUT2D eigenvalue weighted by atomic mass is 19.4. The second kappa shape index (κ2) is 3.97. The van der Waals surface area contributed by atoms with Crippen LogP contribution in [0.5, 0.6) is 0 Å². The summed E-state index contributed by atoms with van der Waals surface area (Å²) in [5.41, 5.74) is 0.170. The van der Waals surface area contributed by atoms with Crippen LogP contribution in [-0.4, -0.2) is 4.98 Å². The molecule has 0 atom stereocenters. The lowest BCUT2D eigenvalue weighted by molar-refractivity contribution is -0.137. The maximum Gasteiger partial charge on any atom is 0.416 e. The van der Waals surface area contributed by atoms with Crippen LogP contribution < -0.4 is 0 Å². The minimum atomic E-state index is -4.31. The lowest BCUT2D eigenvalue weighted by Crippen LogP contribution is -2.12. The number of nitrogens with zero attached hydrogens (tertiary/aromatic N) is 1. The maximum absolute atomic E-state index is 12.6. The number of benzene rings is 1. The molecule has 1 nitrogen and oxygen atoms in total. The molecular weight excluding hydrogens is 239 g/mol. The number of alkyl halides is 3. The van der Waals surface area contributed by atoms with Gasteiger partial charge in [-0.25, -0.2) is 0 Å². The van der Waals surface area contributed by atoms with E-state index in [2.05, 4.69) is 4.98 Å². The third kappa shape index (κ3) is 2.33. The number of fused-ring (bicyclic) bond motifs is 1. The Morgan fingerprint density at radius 3 is 2.22 bits per heavy atom. The summed E-state index contributed by atoms with van der Waals surface area (Å²) in [7, 11) is 0. The zero-order chi connectivity index (χ0) is 13.6. The molecule has 0 aliphatic rings. The summed E-state index contributed by atoms with van der Waals surface area (Å²) in [5.74, 6) is 0. The van der Waals surface area contributed by atoms with Gasteiger partial charge in [0.05, 0.1) is 5.56 Å². The highest BCUT2D eigenvalue weighted by Gasteiger charge is 2.30. The van der Waals surface area contributed by atoms with Crippen molar-refractivity contribution in [1.29, 1.82) is 0 Å². The Bertz CT molecular complexity index is 580. The summed E-state index contributed by atoms with van der Waals surface area (Å²) >= 11 is 0. The first-order valence-electron chi connectivity index (χ1n) is 5.65. The molecule has 0 spiro atoms. The predicted octanol–water partition coefficient (Wildman–Crippen LogP) is 4.55. The standard InChI is InChI=1S/C14H14F3N/c1-13(2,3)12-8-18-7-9-6-10(14(15,16)17)4-5-11(9)12/h4-8H,1-3H3. The molecule has 0 amide bonds. The van der Waals surface area contributed by atoms with E-state index >= 15 is 0 Å². The quantitative estimate of drug-likeness (QED) is 0.671. The van der Waals surface area contributed by atoms with E-state index in [9.17, 15) is 13.2 Å². The average molecular weight is 253 g/mol. The van der Waals surface area contributed by atoms with Gasteiger partial charge in [0.25, 0.3) is 0 Å². The van der Waals surface area contributed by atoms with Crippen molar-refractivity contribution >= 4 is 10.8 Å². The van der Waals surface area contributed by atoms with Crippen molar-refractivity contribution in [2.75, 3.05) is 0 Å². The average Bonchev–Trinajstić information content (AvgIpc) is 2.25. The van der Waals surface area contributed by atoms with E-state index in [0.717, 1.165) is 23.1 Å². The first-order valence-corrected chi connectivity index (χ1v) is 5.65. The number of rotatable bonds is 0. The van der Waals surface area contributed by atoms with Crippen LogP contribution in [0, 0.1) is 0 Å². The van der Waals surface area contributed by atoms with Crippen molar-refractivity contribution in [1.82, 2.24) is 4.98 Å². The van der Waals surface area contributed by atoms with Crippen LogP contribution in [0.4, 0.5) is 13.2 Å². The molecule has 2 aromatic rings. The first-order chi connectivity index (χ1) is 8.19. The van der Waals surface area contributed by atoms with Crippen molar-refractivity contribution in [2.24, 2.45) is 0 Å². The van der Waals surface area contributed by atoms with Gasteiger partial charge in [0.1, 0.15) is 0 Å². The lowest BCUT2D eigenvalue weighted by Gasteiger charge is -2.21. The fraction of sp³-hybridized carbons (Fsp3) is 0.357. The van der Waals surface area contributed by atoms with Gasteiger partial charge in [-0.05, 0) is 28.5 Å². The molecule has 0 unspecified atom stereocenters. The van der Waals surface area contributed by atoms with Crippen LogP contribution in [0.2, 0.25) is 0 Å². The maximum atomic E-state index is 12.6. The van der Waals surface area contributed by atoms with Crippen LogP contribution in [0.1, 0.15) is 31.9 Å². The molecule has 0 aliphatic carbocycles. The lowest BCUT2D eigenvalue weighted by atomic mass is 9.85. The number of hydrogen-bond donors (Lipinski definition) is 0. The molecule has 0 bridgehead atoms. The smallest absolute Gasteiger partial charge is 0.264 e. The molecule has 0 N–H and O–H groups in total. The van der Waals surface area contributed by atoms with Crippen molar-refractivity contribution < 1.29 is 13.2 Å². The summed E-state index contributed by atoms with van der Waals surface area (Å²) < 4.78 is 37.9. The zero-order valence-corrected chi connectivity index (χ0v) is 10.5. The normalized spacial score (nSPS) is 13.0. The minimum absolute atomic E-state index is 0.147. The monoisotopic (exact) mass is 253 g/mol. The van der Waals surface area contributed by atoms with Gasteiger partial charge in [0.15, 0.2) is 0 Å². The summed E-state index contributed by atoms with van der Waals surface area (Å²) in [6.07, 6.45) is -1.12. The second-order valence-electron chi connectivity index (χ2n) is 5.37. The van der Waals surface area contributed by atoms with Gasteiger partial charge in [-0.3, -0.25) is 4.98 Å². The van der Waals surface area contributed by atoms with Crippen LogP contribution in [0.3, 0.4) is 0 Å². The van der Waals surface area contributed by atoms with E-state index in [1.54, 1.807) is 6.20 Å². The molecule has 1 aromatic heterocycles. The molecule has 4 heteroatoms. The van der Waals surface area contributed by atoms with E-state index in [0.29, 0.717) is 5.39 Å². The Balaban J connectivity index is 2.68. The van der Waals surface area contributed by atoms with Gasteiger partial charge >= 0.3 is 6.18 Å². The number of aromatic nitrogens is 1. The summed E-state index contributed by atoms with van der Waals surface area (Å²) in [6.45, 7) is 6.05. The van der Waals surface area contributed by atoms with Crippen LogP contribution in [-0.2, 0) is 11.6 Å². The van der Waals surface area contributed by atoms with Gasteiger partial charge in [-0.2, -0.15) is 13.2 Å². The van der Waals surface area contributed by atoms with Crippen LogP contribution in [0.25, 0.3) is 10.8 Å².